The summed E-state index contributed by atoms with van der Waals surface area (Å²) in [6.45, 7) is 14.0. The Bertz CT molecular complexity index is 208. The van der Waals surface area contributed by atoms with Gasteiger partial charge in [-0.2, -0.15) is 0 Å². The number of hydrogen-bond acceptors (Lipinski definition) is 0. The van der Waals surface area contributed by atoms with Crippen molar-refractivity contribution in [1.82, 2.24) is 0 Å². The molecule has 0 nitrogen and oxygen atoms in total. The average Bonchev–Trinajstić information content (AvgIpc) is 1.97. The Morgan fingerprint density at radius 1 is 1.15 bits per heavy atom. The van der Waals surface area contributed by atoms with E-state index >= 15 is 0 Å². The highest BCUT2D eigenvalue weighted by atomic mass is 14.4. The van der Waals surface area contributed by atoms with E-state index < -0.39 is 0 Å². The molecular weight excluding hydrogens is 156 g/mol. The molecule has 0 heteroatoms. The maximum atomic E-state index is 2.36. The van der Waals surface area contributed by atoms with Crippen molar-refractivity contribution < 1.29 is 0 Å². The Morgan fingerprint density at radius 2 is 1.69 bits per heavy atom. The van der Waals surface area contributed by atoms with Gasteiger partial charge in [-0.15, -0.1) is 0 Å². The Balaban J connectivity index is 2.84. The lowest BCUT2D eigenvalue weighted by atomic mass is 9.60. The quantitative estimate of drug-likeness (QED) is 0.569. The van der Waals surface area contributed by atoms with Gasteiger partial charge in [-0.05, 0) is 37.0 Å². The van der Waals surface area contributed by atoms with Gasteiger partial charge in [0.1, 0.15) is 0 Å². The smallest absolute Gasteiger partial charge is 0.0114 e. The standard InChI is InChI=1S/C13H24/c1-7-11-12(8(2)3)10(6)13(11)9(4)5/h8-9,11-12H,7H2,1-6H3. The minimum absolute atomic E-state index is 0.764. The van der Waals surface area contributed by atoms with Crippen LogP contribution in [0.25, 0.3) is 0 Å². The minimum Gasteiger partial charge on any atom is -0.0696 e. The lowest BCUT2D eigenvalue weighted by Crippen LogP contribution is -2.35. The van der Waals surface area contributed by atoms with Crippen LogP contribution in [-0.4, -0.2) is 0 Å². The third-order valence-corrected chi connectivity index (χ3v) is 3.57. The summed E-state index contributed by atoms with van der Waals surface area (Å²) in [6.07, 6.45) is 1.33. The molecule has 0 bridgehead atoms. The van der Waals surface area contributed by atoms with Crippen molar-refractivity contribution >= 4 is 0 Å². The fourth-order valence-corrected chi connectivity index (χ4v) is 3.21. The zero-order valence-corrected chi connectivity index (χ0v) is 10.0. The van der Waals surface area contributed by atoms with Gasteiger partial charge in [-0.1, -0.05) is 45.8 Å². The molecule has 0 aliphatic heterocycles. The Morgan fingerprint density at radius 3 is 2.00 bits per heavy atom. The molecule has 13 heavy (non-hydrogen) atoms. The normalized spacial score (nSPS) is 28.6. The van der Waals surface area contributed by atoms with Crippen LogP contribution in [0.15, 0.2) is 11.1 Å². The topological polar surface area (TPSA) is 0 Å². The minimum atomic E-state index is 0.764. The third kappa shape index (κ3) is 1.68. The average molecular weight is 180 g/mol. The predicted octanol–water partition coefficient (Wildman–Crippen LogP) is 4.27. The molecule has 2 atom stereocenters. The molecule has 76 valence electrons. The first-order valence-electron chi connectivity index (χ1n) is 5.71. The van der Waals surface area contributed by atoms with E-state index in [1.54, 1.807) is 11.1 Å². The molecule has 0 heterocycles. The van der Waals surface area contributed by atoms with Crippen LogP contribution in [0.4, 0.5) is 0 Å². The van der Waals surface area contributed by atoms with Crippen LogP contribution >= 0.6 is 0 Å². The van der Waals surface area contributed by atoms with E-state index in [2.05, 4.69) is 41.5 Å². The highest BCUT2D eigenvalue weighted by Crippen LogP contribution is 2.49. The first kappa shape index (κ1) is 10.8. The number of hydrogen-bond donors (Lipinski definition) is 0. The molecule has 0 saturated carbocycles. The summed E-state index contributed by atoms with van der Waals surface area (Å²) in [5.74, 6) is 3.36. The van der Waals surface area contributed by atoms with Crippen LogP contribution in [0.2, 0.25) is 0 Å². The molecule has 0 fully saturated rings. The molecule has 0 N–H and O–H groups in total. The second-order valence-corrected chi connectivity index (χ2v) is 5.08. The van der Waals surface area contributed by atoms with E-state index in [0.29, 0.717) is 0 Å². The largest absolute Gasteiger partial charge is 0.0696 e. The van der Waals surface area contributed by atoms with Crippen molar-refractivity contribution in [2.75, 3.05) is 0 Å². The van der Waals surface area contributed by atoms with Crippen molar-refractivity contribution in [3.63, 3.8) is 0 Å². The van der Waals surface area contributed by atoms with Gasteiger partial charge in [0.05, 0.1) is 0 Å². The van der Waals surface area contributed by atoms with Crippen molar-refractivity contribution in [2.24, 2.45) is 23.7 Å². The van der Waals surface area contributed by atoms with E-state index in [9.17, 15) is 0 Å². The van der Waals surface area contributed by atoms with Gasteiger partial charge >= 0.3 is 0 Å². The van der Waals surface area contributed by atoms with Crippen molar-refractivity contribution in [3.8, 4) is 0 Å². The number of allylic oxidation sites excluding steroid dienone is 2. The highest BCUT2D eigenvalue weighted by Gasteiger charge is 2.38. The predicted molar refractivity (Wildman–Crippen MR) is 59.6 cm³/mol. The SMILES string of the molecule is CCC1C(C(C)C)=C(C)C1C(C)C. The molecule has 0 saturated heterocycles. The first-order valence-corrected chi connectivity index (χ1v) is 5.71. The lowest BCUT2D eigenvalue weighted by Gasteiger charge is -2.45. The molecular formula is C13H24. The molecule has 0 spiro atoms. The van der Waals surface area contributed by atoms with Crippen LogP contribution in [0.3, 0.4) is 0 Å². The Hall–Kier alpha value is -0.260. The second-order valence-electron chi connectivity index (χ2n) is 5.08. The Kier molecular flexibility index (Phi) is 3.21. The first-order chi connectivity index (χ1) is 6.00. The monoisotopic (exact) mass is 180 g/mol. The fourth-order valence-electron chi connectivity index (χ4n) is 3.21. The fraction of sp³-hybridized carbons (Fsp3) is 0.846. The second kappa shape index (κ2) is 3.86. The molecule has 0 amide bonds. The molecule has 1 rings (SSSR count). The van der Waals surface area contributed by atoms with E-state index in [0.717, 1.165) is 23.7 Å². The molecule has 0 aromatic carbocycles. The summed E-state index contributed by atoms with van der Waals surface area (Å²) in [7, 11) is 0. The van der Waals surface area contributed by atoms with Gasteiger partial charge < -0.3 is 0 Å². The Labute approximate surface area is 83.4 Å². The van der Waals surface area contributed by atoms with E-state index in [1.165, 1.54) is 6.42 Å². The highest BCUT2D eigenvalue weighted by molar-refractivity contribution is 5.32. The summed E-state index contributed by atoms with van der Waals surface area (Å²) in [6, 6.07) is 0. The van der Waals surface area contributed by atoms with E-state index in [4.69, 9.17) is 0 Å². The van der Waals surface area contributed by atoms with Gasteiger partial charge in [0, 0.05) is 0 Å². The van der Waals surface area contributed by atoms with E-state index in [1.807, 2.05) is 0 Å². The summed E-state index contributed by atoms with van der Waals surface area (Å²) in [5.41, 5.74) is 3.44. The molecule has 2 unspecified atom stereocenters. The molecule has 0 aromatic heterocycles. The lowest BCUT2D eigenvalue weighted by molar-refractivity contribution is 0.252. The van der Waals surface area contributed by atoms with Crippen LogP contribution in [0.5, 0.6) is 0 Å². The summed E-state index contributed by atoms with van der Waals surface area (Å²) < 4.78 is 0. The molecule has 1 aliphatic rings. The molecule has 0 radical (unpaired) electrons. The van der Waals surface area contributed by atoms with Crippen LogP contribution in [0.1, 0.15) is 48.0 Å². The summed E-state index contributed by atoms with van der Waals surface area (Å²) in [4.78, 5) is 0. The van der Waals surface area contributed by atoms with Crippen LogP contribution in [-0.2, 0) is 0 Å². The maximum Gasteiger partial charge on any atom is -0.0114 e. The molecule has 1 aliphatic carbocycles. The van der Waals surface area contributed by atoms with Gasteiger partial charge in [-0.25, -0.2) is 0 Å². The van der Waals surface area contributed by atoms with Crippen LogP contribution in [0, 0.1) is 23.7 Å². The van der Waals surface area contributed by atoms with E-state index in [-0.39, 0.29) is 0 Å². The van der Waals surface area contributed by atoms with Gasteiger partial charge in [0.15, 0.2) is 0 Å². The number of rotatable bonds is 3. The van der Waals surface area contributed by atoms with Crippen LogP contribution < -0.4 is 0 Å². The zero-order chi connectivity index (χ0) is 10.2. The van der Waals surface area contributed by atoms with Gasteiger partial charge in [-0.3, -0.25) is 0 Å². The summed E-state index contributed by atoms with van der Waals surface area (Å²) >= 11 is 0. The third-order valence-electron chi connectivity index (χ3n) is 3.57. The molecule has 0 aromatic rings. The van der Waals surface area contributed by atoms with Crippen molar-refractivity contribution in [2.45, 2.75) is 48.0 Å². The zero-order valence-electron chi connectivity index (χ0n) is 10.0. The van der Waals surface area contributed by atoms with Crippen molar-refractivity contribution in [1.29, 1.82) is 0 Å². The summed E-state index contributed by atoms with van der Waals surface area (Å²) in [5, 5.41) is 0. The van der Waals surface area contributed by atoms with Gasteiger partial charge in [0.25, 0.3) is 0 Å². The maximum absolute atomic E-state index is 2.36. The van der Waals surface area contributed by atoms with Gasteiger partial charge in [0.2, 0.25) is 0 Å². The van der Waals surface area contributed by atoms with Crippen molar-refractivity contribution in [3.05, 3.63) is 11.1 Å².